The van der Waals surface area contributed by atoms with Crippen molar-refractivity contribution in [3.05, 3.63) is 72.6 Å². The normalized spacial score (nSPS) is 20.5. The Hall–Kier alpha value is -2.79. The lowest BCUT2D eigenvalue weighted by Gasteiger charge is -2.31. The zero-order valence-corrected chi connectivity index (χ0v) is 22.7. The second-order valence-corrected chi connectivity index (χ2v) is 11.2. The van der Waals surface area contributed by atoms with Gasteiger partial charge in [0.15, 0.2) is 0 Å². The summed E-state index contributed by atoms with van der Waals surface area (Å²) in [5, 5.41) is 0.136. The number of ether oxygens (including phenoxy) is 2. The number of hydrogen-bond donors (Lipinski definition) is 0. The van der Waals surface area contributed by atoms with Crippen molar-refractivity contribution in [1.29, 1.82) is 0 Å². The van der Waals surface area contributed by atoms with Crippen LogP contribution in [0.25, 0.3) is 0 Å². The molecule has 2 aromatic carbocycles. The first-order valence-corrected chi connectivity index (χ1v) is 13.7. The maximum Gasteiger partial charge on any atom is 0.326 e. The van der Waals surface area contributed by atoms with Crippen LogP contribution in [0.15, 0.2) is 52.3 Å². The molecular formula is C25H20Cl2N2O6S2. The van der Waals surface area contributed by atoms with Crippen molar-refractivity contribution in [2.45, 2.75) is 29.7 Å². The highest BCUT2D eigenvalue weighted by Crippen LogP contribution is 2.55. The first-order chi connectivity index (χ1) is 17.8. The second kappa shape index (κ2) is 10.2. The number of halogens is 2. The van der Waals surface area contributed by atoms with E-state index >= 15 is 0 Å². The molecule has 1 fully saturated rings. The third kappa shape index (κ3) is 4.35. The van der Waals surface area contributed by atoms with Crippen LogP contribution in [0.2, 0.25) is 10.0 Å². The van der Waals surface area contributed by atoms with Gasteiger partial charge in [-0.05, 0) is 42.8 Å². The largest absolute Gasteiger partial charge is 0.497 e. The van der Waals surface area contributed by atoms with Crippen LogP contribution in [-0.4, -0.2) is 41.3 Å². The van der Waals surface area contributed by atoms with Gasteiger partial charge in [-0.3, -0.25) is 23.7 Å². The SMILES string of the molecule is CCOC(=O)Cn1c2c(sc1=O)[C@H](c1cccc(Cl)c1Cl)C1C(=O)N(c3ccc(OC)cc3)C(=O)C1S2. The van der Waals surface area contributed by atoms with Crippen LogP contribution in [0, 0.1) is 5.92 Å². The number of hydrogen-bond acceptors (Lipinski definition) is 8. The van der Waals surface area contributed by atoms with E-state index in [0.29, 0.717) is 26.9 Å². The Labute approximate surface area is 230 Å². The highest BCUT2D eigenvalue weighted by molar-refractivity contribution is 8.00. The van der Waals surface area contributed by atoms with Gasteiger partial charge < -0.3 is 9.47 Å². The number of thiazole rings is 1. The molecule has 37 heavy (non-hydrogen) atoms. The minimum absolute atomic E-state index is 0.169. The fourth-order valence-corrected chi connectivity index (χ4v) is 7.86. The lowest BCUT2D eigenvalue weighted by Crippen LogP contribution is -2.33. The average molecular weight is 579 g/mol. The van der Waals surface area contributed by atoms with Gasteiger partial charge in [0.25, 0.3) is 0 Å². The molecule has 192 valence electrons. The summed E-state index contributed by atoms with van der Waals surface area (Å²) < 4.78 is 11.5. The van der Waals surface area contributed by atoms with Gasteiger partial charge in [-0.2, -0.15) is 0 Å². The Morgan fingerprint density at radius 2 is 1.78 bits per heavy atom. The molecule has 0 bridgehead atoms. The van der Waals surface area contributed by atoms with Crippen LogP contribution in [0.5, 0.6) is 5.75 Å². The van der Waals surface area contributed by atoms with Gasteiger partial charge in [0, 0.05) is 10.8 Å². The Balaban J connectivity index is 1.66. The van der Waals surface area contributed by atoms with E-state index in [1.54, 1.807) is 49.4 Å². The van der Waals surface area contributed by atoms with Crippen LogP contribution in [0.3, 0.4) is 0 Å². The lowest BCUT2D eigenvalue weighted by atomic mass is 9.83. The van der Waals surface area contributed by atoms with E-state index in [-0.39, 0.29) is 28.1 Å². The summed E-state index contributed by atoms with van der Waals surface area (Å²) in [5.41, 5.74) is 0.946. The predicted molar refractivity (Wildman–Crippen MR) is 142 cm³/mol. The highest BCUT2D eigenvalue weighted by Gasteiger charge is 2.57. The summed E-state index contributed by atoms with van der Waals surface area (Å²) >= 11 is 15.0. The minimum Gasteiger partial charge on any atom is -0.497 e. The highest BCUT2D eigenvalue weighted by atomic mass is 35.5. The van der Waals surface area contributed by atoms with E-state index < -0.39 is 34.9 Å². The molecule has 0 N–H and O–H groups in total. The molecule has 1 saturated heterocycles. The summed E-state index contributed by atoms with van der Waals surface area (Å²) in [6.07, 6.45) is 0. The topological polar surface area (TPSA) is 94.9 Å². The molecule has 5 rings (SSSR count). The van der Waals surface area contributed by atoms with Gasteiger partial charge >= 0.3 is 10.8 Å². The summed E-state index contributed by atoms with van der Waals surface area (Å²) in [6, 6.07) is 11.7. The molecule has 3 atom stereocenters. The number of amides is 2. The van der Waals surface area contributed by atoms with E-state index in [9.17, 15) is 19.2 Å². The van der Waals surface area contributed by atoms with E-state index in [1.165, 1.54) is 11.7 Å². The van der Waals surface area contributed by atoms with Gasteiger partial charge in [-0.1, -0.05) is 58.4 Å². The van der Waals surface area contributed by atoms with Crippen molar-refractivity contribution in [1.82, 2.24) is 4.57 Å². The third-order valence-electron chi connectivity index (χ3n) is 6.29. The van der Waals surface area contributed by atoms with Gasteiger partial charge in [-0.25, -0.2) is 4.90 Å². The maximum absolute atomic E-state index is 13.9. The number of benzene rings is 2. The summed E-state index contributed by atoms with van der Waals surface area (Å²) in [6.45, 7) is 1.54. The van der Waals surface area contributed by atoms with Crippen LogP contribution in [0.4, 0.5) is 5.69 Å². The van der Waals surface area contributed by atoms with E-state index in [2.05, 4.69) is 0 Å². The Bertz CT molecular complexity index is 1470. The number of nitrogens with zero attached hydrogens (tertiary/aromatic N) is 2. The third-order valence-corrected chi connectivity index (χ3v) is 9.73. The Morgan fingerprint density at radius 1 is 1.05 bits per heavy atom. The van der Waals surface area contributed by atoms with E-state index in [4.69, 9.17) is 32.7 Å². The molecule has 0 saturated carbocycles. The zero-order chi connectivity index (χ0) is 26.4. The van der Waals surface area contributed by atoms with E-state index in [1.807, 2.05) is 0 Å². The molecule has 2 aliphatic rings. The maximum atomic E-state index is 13.9. The van der Waals surface area contributed by atoms with Crippen LogP contribution in [-0.2, 0) is 25.7 Å². The average Bonchev–Trinajstić information content (AvgIpc) is 3.32. The predicted octanol–water partition coefficient (Wildman–Crippen LogP) is 4.58. The minimum atomic E-state index is -0.843. The number of esters is 1. The van der Waals surface area contributed by atoms with Gasteiger partial charge in [0.1, 0.15) is 17.5 Å². The fraction of sp³-hybridized carbons (Fsp3) is 0.280. The van der Waals surface area contributed by atoms with Crippen LogP contribution in [0.1, 0.15) is 23.3 Å². The molecular weight excluding hydrogens is 559 g/mol. The second-order valence-electron chi connectivity index (χ2n) is 8.32. The summed E-state index contributed by atoms with van der Waals surface area (Å²) in [5.74, 6) is -2.36. The van der Waals surface area contributed by atoms with Gasteiger partial charge in [0.2, 0.25) is 11.8 Å². The number of imide groups is 1. The molecule has 0 radical (unpaired) electrons. The van der Waals surface area contributed by atoms with Crippen molar-refractivity contribution in [2.24, 2.45) is 5.92 Å². The molecule has 1 aromatic heterocycles. The number of rotatable bonds is 6. The number of carbonyl (C=O) groups is 3. The monoisotopic (exact) mass is 578 g/mol. The smallest absolute Gasteiger partial charge is 0.326 e. The van der Waals surface area contributed by atoms with Crippen molar-refractivity contribution in [2.75, 3.05) is 18.6 Å². The lowest BCUT2D eigenvalue weighted by molar-refractivity contribution is -0.144. The molecule has 12 heteroatoms. The molecule has 2 aliphatic heterocycles. The van der Waals surface area contributed by atoms with Gasteiger partial charge in [-0.15, -0.1) is 0 Å². The molecule has 8 nitrogen and oxygen atoms in total. The number of anilines is 1. The number of fused-ring (bicyclic) bond motifs is 2. The molecule has 3 heterocycles. The first-order valence-electron chi connectivity index (χ1n) is 11.3. The van der Waals surface area contributed by atoms with Crippen molar-refractivity contribution in [3.8, 4) is 5.75 Å². The Kier molecular flexibility index (Phi) is 7.10. The molecule has 0 aliphatic carbocycles. The standard InChI is InChI=1S/C25H20Cl2N2O6S2/c1-3-35-16(30)11-28-24-21(37-25(28)33)17(14-5-4-6-15(26)19(14)27)18-20(36-24)23(32)29(22(18)31)12-7-9-13(34-2)10-8-12/h4-10,17-18,20H,3,11H2,1-2H3/t17-,18?,20?/m1/s1. The summed E-state index contributed by atoms with van der Waals surface area (Å²) in [4.78, 5) is 54.2. The number of methoxy groups -OCH3 is 1. The molecule has 0 spiro atoms. The zero-order valence-electron chi connectivity index (χ0n) is 19.6. The molecule has 3 aromatic rings. The van der Waals surface area contributed by atoms with E-state index in [0.717, 1.165) is 28.0 Å². The number of thioether (sulfide) groups is 1. The van der Waals surface area contributed by atoms with Gasteiger partial charge in [0.05, 0.1) is 40.4 Å². The van der Waals surface area contributed by atoms with Crippen molar-refractivity contribution >= 4 is 69.8 Å². The van der Waals surface area contributed by atoms with Crippen molar-refractivity contribution < 1.29 is 23.9 Å². The quantitative estimate of drug-likeness (QED) is 0.312. The fourth-order valence-electron chi connectivity index (χ4n) is 4.67. The number of aromatic nitrogens is 1. The van der Waals surface area contributed by atoms with Crippen molar-refractivity contribution in [3.63, 3.8) is 0 Å². The Morgan fingerprint density at radius 3 is 2.46 bits per heavy atom. The molecule has 2 amide bonds. The van der Waals surface area contributed by atoms with Crippen LogP contribution >= 0.6 is 46.3 Å². The van der Waals surface area contributed by atoms with Crippen LogP contribution < -0.4 is 14.5 Å². The number of carbonyl (C=O) groups excluding carboxylic acids is 3. The molecule has 2 unspecified atom stereocenters. The first kappa shape index (κ1) is 25.8. The summed E-state index contributed by atoms with van der Waals surface area (Å²) in [7, 11) is 1.53.